The second kappa shape index (κ2) is 7.94. The number of fused-ring (bicyclic) bond motifs is 1. The van der Waals surface area contributed by atoms with E-state index in [1.807, 2.05) is 0 Å². The molecule has 4 aromatic rings. The zero-order valence-electron chi connectivity index (χ0n) is 17.4. The Labute approximate surface area is 177 Å². The van der Waals surface area contributed by atoms with Crippen molar-refractivity contribution in [2.24, 2.45) is 0 Å². The van der Waals surface area contributed by atoms with E-state index in [1.165, 1.54) is 28.4 Å². The summed E-state index contributed by atoms with van der Waals surface area (Å²) in [6.07, 6.45) is 3.20. The van der Waals surface area contributed by atoms with E-state index in [4.69, 9.17) is 29.1 Å². The minimum atomic E-state index is -0.307. The first-order valence-electron chi connectivity index (χ1n) is 9.26. The van der Waals surface area contributed by atoms with Crippen LogP contribution in [0.25, 0.3) is 22.3 Å². The van der Waals surface area contributed by atoms with Gasteiger partial charge < -0.3 is 29.1 Å². The molecule has 31 heavy (non-hydrogen) atoms. The van der Waals surface area contributed by atoms with Gasteiger partial charge in [0.25, 0.3) is 0 Å². The number of anilines is 1. The minimum absolute atomic E-state index is 0.300. The first kappa shape index (κ1) is 20.1. The van der Waals surface area contributed by atoms with Crippen LogP contribution >= 0.6 is 0 Å². The number of ether oxygens (including phenoxy) is 4. The summed E-state index contributed by atoms with van der Waals surface area (Å²) in [5.41, 5.74) is 8.14. The normalized spacial score (nSPS) is 10.8. The summed E-state index contributed by atoms with van der Waals surface area (Å²) in [6.45, 7) is 0. The SMILES string of the molecule is COc1cc(C(=O)c2c(-c3cn[nH]c3)oc3c(N)c(OC)ccc23)cc(OC)c1OC. The lowest BCUT2D eigenvalue weighted by atomic mass is 9.97. The van der Waals surface area contributed by atoms with E-state index < -0.39 is 0 Å². The van der Waals surface area contributed by atoms with Gasteiger partial charge in [-0.1, -0.05) is 0 Å². The van der Waals surface area contributed by atoms with Crippen molar-refractivity contribution < 1.29 is 28.2 Å². The Morgan fingerprint density at radius 3 is 2.23 bits per heavy atom. The van der Waals surface area contributed by atoms with E-state index in [2.05, 4.69) is 10.2 Å². The van der Waals surface area contributed by atoms with Crippen LogP contribution < -0.4 is 24.7 Å². The van der Waals surface area contributed by atoms with Crippen molar-refractivity contribution in [3.8, 4) is 34.3 Å². The number of hydrogen-bond donors (Lipinski definition) is 2. The predicted octanol–water partition coefficient (Wildman–Crippen LogP) is 3.67. The third-order valence-electron chi connectivity index (χ3n) is 4.99. The van der Waals surface area contributed by atoms with Gasteiger partial charge in [0, 0.05) is 17.1 Å². The van der Waals surface area contributed by atoms with Crippen LogP contribution in [-0.2, 0) is 0 Å². The number of aromatic amines is 1. The largest absolute Gasteiger partial charge is 0.494 e. The fraction of sp³-hybridized carbons (Fsp3) is 0.182. The molecule has 2 heterocycles. The zero-order chi connectivity index (χ0) is 22.1. The fourth-order valence-electron chi connectivity index (χ4n) is 3.50. The molecule has 3 N–H and O–H groups in total. The van der Waals surface area contributed by atoms with E-state index in [9.17, 15) is 4.79 Å². The monoisotopic (exact) mass is 423 g/mol. The number of nitrogens with zero attached hydrogens (tertiary/aromatic N) is 1. The van der Waals surface area contributed by atoms with Gasteiger partial charge in [-0.2, -0.15) is 5.10 Å². The van der Waals surface area contributed by atoms with Gasteiger partial charge in [-0.05, 0) is 24.3 Å². The standard InChI is InChI=1S/C22H21N3O6/c1-27-14-6-5-13-17(20(12-9-24-25-10-12)31-21(13)18(14)23)19(26)11-7-15(28-2)22(30-4)16(8-11)29-3/h5-10H,23H2,1-4H3,(H,24,25). The average Bonchev–Trinajstić information content (AvgIpc) is 3.46. The van der Waals surface area contributed by atoms with Gasteiger partial charge in [-0.25, -0.2) is 0 Å². The Balaban J connectivity index is 1.98. The highest BCUT2D eigenvalue weighted by atomic mass is 16.5. The van der Waals surface area contributed by atoms with E-state index in [0.717, 1.165) is 0 Å². The molecule has 9 heteroatoms. The highest BCUT2D eigenvalue weighted by Gasteiger charge is 2.27. The molecule has 0 bridgehead atoms. The van der Waals surface area contributed by atoms with Gasteiger partial charge in [0.2, 0.25) is 5.75 Å². The summed E-state index contributed by atoms with van der Waals surface area (Å²) in [6, 6.07) is 6.62. The van der Waals surface area contributed by atoms with E-state index >= 15 is 0 Å². The van der Waals surface area contributed by atoms with Crippen LogP contribution in [0, 0.1) is 0 Å². The van der Waals surface area contributed by atoms with Crippen molar-refractivity contribution in [2.45, 2.75) is 0 Å². The van der Waals surface area contributed by atoms with Crippen LogP contribution in [0.15, 0.2) is 41.1 Å². The summed E-state index contributed by atoms with van der Waals surface area (Å²) in [5.74, 6) is 1.60. The number of carbonyl (C=O) groups is 1. The van der Waals surface area contributed by atoms with Crippen molar-refractivity contribution in [1.82, 2.24) is 10.2 Å². The van der Waals surface area contributed by atoms with E-state index in [-0.39, 0.29) is 5.78 Å². The second-order valence-corrected chi connectivity index (χ2v) is 6.59. The molecule has 0 amide bonds. The molecule has 4 rings (SSSR count). The van der Waals surface area contributed by atoms with Crippen LogP contribution in [0.4, 0.5) is 5.69 Å². The Bertz CT molecular complexity index is 1240. The topological polar surface area (TPSA) is 122 Å². The van der Waals surface area contributed by atoms with Crippen molar-refractivity contribution >= 4 is 22.4 Å². The molecule has 9 nitrogen and oxygen atoms in total. The second-order valence-electron chi connectivity index (χ2n) is 6.59. The van der Waals surface area contributed by atoms with Gasteiger partial charge in [-0.15, -0.1) is 0 Å². The van der Waals surface area contributed by atoms with E-state index in [1.54, 1.807) is 36.7 Å². The van der Waals surface area contributed by atoms with Crippen molar-refractivity contribution in [2.75, 3.05) is 34.2 Å². The fourth-order valence-corrected chi connectivity index (χ4v) is 3.50. The lowest BCUT2D eigenvalue weighted by molar-refractivity contribution is 0.103. The van der Waals surface area contributed by atoms with Crippen LogP contribution in [0.2, 0.25) is 0 Å². The number of methoxy groups -OCH3 is 4. The molecule has 2 aromatic carbocycles. The summed E-state index contributed by atoms with van der Waals surface area (Å²) in [7, 11) is 5.99. The Morgan fingerprint density at radius 1 is 1.00 bits per heavy atom. The Kier molecular flexibility index (Phi) is 5.16. The molecular formula is C22H21N3O6. The average molecular weight is 423 g/mol. The number of furan rings is 1. The number of carbonyl (C=O) groups excluding carboxylic acids is 1. The predicted molar refractivity (Wildman–Crippen MR) is 114 cm³/mol. The Morgan fingerprint density at radius 2 is 1.68 bits per heavy atom. The van der Waals surface area contributed by atoms with Crippen LogP contribution in [0.3, 0.4) is 0 Å². The Hall–Kier alpha value is -4.14. The van der Waals surface area contributed by atoms with Gasteiger partial charge >= 0.3 is 0 Å². The van der Waals surface area contributed by atoms with Gasteiger partial charge in [0.05, 0.1) is 45.8 Å². The first-order chi connectivity index (χ1) is 15.0. The summed E-state index contributed by atoms with van der Waals surface area (Å²) >= 11 is 0. The maximum atomic E-state index is 13.7. The van der Waals surface area contributed by atoms with Crippen LogP contribution in [0.5, 0.6) is 23.0 Å². The number of nitrogen functional groups attached to an aromatic ring is 1. The molecule has 0 aliphatic heterocycles. The number of nitrogens with two attached hydrogens (primary N) is 1. The van der Waals surface area contributed by atoms with Crippen molar-refractivity contribution in [3.05, 3.63) is 47.8 Å². The molecule has 0 atom stereocenters. The highest BCUT2D eigenvalue weighted by molar-refractivity contribution is 6.21. The van der Waals surface area contributed by atoms with Gasteiger partial charge in [0.15, 0.2) is 22.9 Å². The van der Waals surface area contributed by atoms with Gasteiger partial charge in [0.1, 0.15) is 17.2 Å². The molecule has 0 unspecified atom stereocenters. The molecule has 2 aromatic heterocycles. The number of rotatable bonds is 7. The lowest BCUT2D eigenvalue weighted by Crippen LogP contribution is -2.05. The maximum Gasteiger partial charge on any atom is 0.203 e. The zero-order valence-corrected chi connectivity index (χ0v) is 17.4. The van der Waals surface area contributed by atoms with Crippen molar-refractivity contribution in [3.63, 3.8) is 0 Å². The molecule has 0 spiro atoms. The number of aromatic nitrogens is 2. The number of nitrogens with one attached hydrogen (secondary N) is 1. The minimum Gasteiger partial charge on any atom is -0.494 e. The smallest absolute Gasteiger partial charge is 0.203 e. The summed E-state index contributed by atoms with van der Waals surface area (Å²) < 4.78 is 27.5. The molecule has 0 saturated carbocycles. The van der Waals surface area contributed by atoms with Gasteiger partial charge in [-0.3, -0.25) is 9.89 Å². The molecule has 0 radical (unpaired) electrons. The summed E-state index contributed by atoms with van der Waals surface area (Å²) in [5, 5.41) is 7.25. The van der Waals surface area contributed by atoms with Crippen molar-refractivity contribution in [1.29, 1.82) is 0 Å². The number of hydrogen-bond acceptors (Lipinski definition) is 8. The molecule has 0 fully saturated rings. The van der Waals surface area contributed by atoms with Crippen LogP contribution in [0.1, 0.15) is 15.9 Å². The maximum absolute atomic E-state index is 13.7. The van der Waals surface area contributed by atoms with E-state index in [0.29, 0.717) is 62.1 Å². The quantitative estimate of drug-likeness (QED) is 0.341. The molecule has 0 aliphatic rings. The molecular weight excluding hydrogens is 402 g/mol. The highest BCUT2D eigenvalue weighted by Crippen LogP contribution is 2.43. The summed E-state index contributed by atoms with van der Waals surface area (Å²) in [4.78, 5) is 13.7. The number of ketones is 1. The lowest BCUT2D eigenvalue weighted by Gasteiger charge is -2.13. The molecule has 0 saturated heterocycles. The number of H-pyrrole nitrogens is 1. The van der Waals surface area contributed by atoms with Crippen LogP contribution in [-0.4, -0.2) is 44.4 Å². The molecule has 0 aliphatic carbocycles. The third kappa shape index (κ3) is 3.20. The number of benzene rings is 2. The molecule has 160 valence electrons. The first-order valence-corrected chi connectivity index (χ1v) is 9.26. The third-order valence-corrected chi connectivity index (χ3v) is 4.99.